The lowest BCUT2D eigenvalue weighted by Gasteiger charge is -2.37. The fraction of sp³-hybridized carbons (Fsp3) is 0.450. The van der Waals surface area contributed by atoms with E-state index >= 15 is 0 Å². The van der Waals surface area contributed by atoms with Crippen LogP contribution in [0.15, 0.2) is 41.1 Å². The van der Waals surface area contributed by atoms with Gasteiger partial charge in [-0.2, -0.15) is 11.3 Å². The van der Waals surface area contributed by atoms with Crippen molar-refractivity contribution in [2.45, 2.75) is 44.3 Å². The van der Waals surface area contributed by atoms with E-state index in [0.29, 0.717) is 13.0 Å². The Morgan fingerprint density at radius 3 is 2.96 bits per heavy atom. The van der Waals surface area contributed by atoms with E-state index in [4.69, 9.17) is 0 Å². The van der Waals surface area contributed by atoms with Crippen LogP contribution in [0.1, 0.15) is 36.8 Å². The second-order valence-corrected chi connectivity index (χ2v) is 8.06. The number of nitrogens with zero attached hydrogens (tertiary/aromatic N) is 1. The lowest BCUT2D eigenvalue weighted by Crippen LogP contribution is -2.46. The Labute approximate surface area is 153 Å². The number of carbonyl (C=O) groups is 1. The van der Waals surface area contributed by atoms with Gasteiger partial charge in [-0.1, -0.05) is 18.2 Å². The predicted octanol–water partition coefficient (Wildman–Crippen LogP) is 3.60. The van der Waals surface area contributed by atoms with Gasteiger partial charge in [0.2, 0.25) is 5.91 Å². The van der Waals surface area contributed by atoms with Crippen LogP contribution in [0.25, 0.3) is 0 Å². The fourth-order valence-corrected chi connectivity index (χ4v) is 4.70. The molecule has 1 saturated heterocycles. The minimum absolute atomic E-state index is 0.135. The third-order valence-electron chi connectivity index (χ3n) is 5.41. The average molecular weight is 356 g/mol. The molecule has 0 bridgehead atoms. The minimum atomic E-state index is -0.135. The zero-order valence-corrected chi connectivity index (χ0v) is 15.3. The monoisotopic (exact) mass is 355 g/mol. The zero-order chi connectivity index (χ0) is 17.1. The van der Waals surface area contributed by atoms with Gasteiger partial charge >= 0.3 is 0 Å². The van der Waals surface area contributed by atoms with E-state index in [1.807, 2.05) is 6.07 Å². The second-order valence-electron chi connectivity index (χ2n) is 7.28. The van der Waals surface area contributed by atoms with Crippen molar-refractivity contribution in [2.24, 2.45) is 0 Å². The van der Waals surface area contributed by atoms with Gasteiger partial charge in [0.05, 0.1) is 0 Å². The molecule has 1 spiro atoms. The van der Waals surface area contributed by atoms with E-state index in [1.54, 1.807) is 11.3 Å². The van der Waals surface area contributed by atoms with Crippen LogP contribution in [0.4, 0.5) is 5.69 Å². The van der Waals surface area contributed by atoms with Crippen LogP contribution in [0.5, 0.6) is 0 Å². The van der Waals surface area contributed by atoms with E-state index in [0.717, 1.165) is 38.9 Å². The van der Waals surface area contributed by atoms with Crippen molar-refractivity contribution < 1.29 is 4.79 Å². The second kappa shape index (κ2) is 7.18. The molecule has 132 valence electrons. The standard InChI is InChI=1S/C20H25N3OS/c24-19-12-20(22-18-5-2-1-4-17(18)13-21-19)7-3-9-23(10-8-20)14-16-6-11-25-15-16/h1-2,4-6,11,15,22H,3,7-10,12-14H2,(H,21,24). The summed E-state index contributed by atoms with van der Waals surface area (Å²) >= 11 is 1.76. The molecular weight excluding hydrogens is 330 g/mol. The first kappa shape index (κ1) is 16.6. The molecule has 4 rings (SSSR count). The van der Waals surface area contributed by atoms with Gasteiger partial charge in [-0.25, -0.2) is 0 Å². The van der Waals surface area contributed by atoms with Crippen LogP contribution in [0.2, 0.25) is 0 Å². The van der Waals surface area contributed by atoms with E-state index < -0.39 is 0 Å². The van der Waals surface area contributed by atoms with Gasteiger partial charge in [0, 0.05) is 37.3 Å². The van der Waals surface area contributed by atoms with E-state index in [1.165, 1.54) is 16.8 Å². The number of benzene rings is 1. The lowest BCUT2D eigenvalue weighted by atomic mass is 9.85. The van der Waals surface area contributed by atoms with Crippen molar-refractivity contribution in [1.29, 1.82) is 0 Å². The molecule has 2 aromatic rings. The number of para-hydroxylation sites is 1. The third-order valence-corrected chi connectivity index (χ3v) is 6.15. The van der Waals surface area contributed by atoms with Crippen molar-refractivity contribution in [3.8, 4) is 0 Å². The molecule has 5 heteroatoms. The van der Waals surface area contributed by atoms with Gasteiger partial charge in [-0.05, 0) is 59.8 Å². The Kier molecular flexibility index (Phi) is 4.77. The number of anilines is 1. The zero-order valence-electron chi connectivity index (χ0n) is 14.5. The lowest BCUT2D eigenvalue weighted by molar-refractivity contribution is -0.122. The Balaban J connectivity index is 1.52. The number of carbonyl (C=O) groups excluding carboxylic acids is 1. The molecule has 2 N–H and O–H groups in total. The quantitative estimate of drug-likeness (QED) is 0.865. The summed E-state index contributed by atoms with van der Waals surface area (Å²) in [6.45, 7) is 3.76. The van der Waals surface area contributed by atoms with E-state index in [2.05, 4.69) is 50.6 Å². The molecule has 2 aliphatic heterocycles. The molecule has 1 aromatic carbocycles. The van der Waals surface area contributed by atoms with Gasteiger partial charge in [0.15, 0.2) is 0 Å². The Morgan fingerprint density at radius 2 is 2.08 bits per heavy atom. The first-order chi connectivity index (χ1) is 12.2. The molecular formula is C20H25N3OS. The highest BCUT2D eigenvalue weighted by molar-refractivity contribution is 7.07. The summed E-state index contributed by atoms with van der Waals surface area (Å²) in [5, 5.41) is 11.2. The van der Waals surface area contributed by atoms with Crippen molar-refractivity contribution >= 4 is 22.9 Å². The highest BCUT2D eigenvalue weighted by Crippen LogP contribution is 2.33. The SMILES string of the molecule is O=C1CC2(CCCN(Cc3ccsc3)CC2)Nc2ccccc2CN1. The van der Waals surface area contributed by atoms with Crippen LogP contribution in [0, 0.1) is 0 Å². The van der Waals surface area contributed by atoms with E-state index in [9.17, 15) is 4.79 Å². The molecule has 2 aliphatic rings. The van der Waals surface area contributed by atoms with Gasteiger partial charge < -0.3 is 10.6 Å². The van der Waals surface area contributed by atoms with Crippen molar-refractivity contribution in [1.82, 2.24) is 10.2 Å². The number of hydrogen-bond acceptors (Lipinski definition) is 4. The summed E-state index contributed by atoms with van der Waals surface area (Å²) in [6.07, 6.45) is 3.72. The van der Waals surface area contributed by atoms with Crippen LogP contribution < -0.4 is 10.6 Å². The number of amides is 1. The van der Waals surface area contributed by atoms with Crippen LogP contribution in [-0.4, -0.2) is 29.4 Å². The molecule has 0 aliphatic carbocycles. The van der Waals surface area contributed by atoms with Gasteiger partial charge in [-0.3, -0.25) is 9.69 Å². The number of fused-ring (bicyclic) bond motifs is 1. The summed E-state index contributed by atoms with van der Waals surface area (Å²) in [6, 6.07) is 10.6. The van der Waals surface area contributed by atoms with Crippen molar-refractivity contribution in [2.75, 3.05) is 18.4 Å². The average Bonchev–Trinajstić information content (AvgIpc) is 3.03. The number of thiophene rings is 1. The Morgan fingerprint density at radius 1 is 1.16 bits per heavy atom. The highest BCUT2D eigenvalue weighted by Gasteiger charge is 2.36. The molecule has 1 amide bonds. The predicted molar refractivity (Wildman–Crippen MR) is 103 cm³/mol. The van der Waals surface area contributed by atoms with Gasteiger partial charge in [0.25, 0.3) is 0 Å². The summed E-state index contributed by atoms with van der Waals surface area (Å²) in [4.78, 5) is 14.9. The summed E-state index contributed by atoms with van der Waals surface area (Å²) in [5.74, 6) is 0.160. The van der Waals surface area contributed by atoms with Crippen LogP contribution in [-0.2, 0) is 17.9 Å². The molecule has 1 aromatic heterocycles. The first-order valence-electron chi connectivity index (χ1n) is 9.09. The Hall–Kier alpha value is -1.85. The van der Waals surface area contributed by atoms with Crippen molar-refractivity contribution in [3.63, 3.8) is 0 Å². The summed E-state index contributed by atoms with van der Waals surface area (Å²) in [7, 11) is 0. The number of likely N-dealkylation sites (tertiary alicyclic amines) is 1. The molecule has 1 atom stereocenters. The van der Waals surface area contributed by atoms with Gasteiger partial charge in [0.1, 0.15) is 0 Å². The summed E-state index contributed by atoms with van der Waals surface area (Å²) < 4.78 is 0. The maximum atomic E-state index is 12.4. The fourth-order valence-electron chi connectivity index (χ4n) is 4.04. The Bertz CT molecular complexity index is 730. The normalized spacial score (nSPS) is 24.6. The number of nitrogens with one attached hydrogen (secondary N) is 2. The molecule has 0 saturated carbocycles. The molecule has 1 fully saturated rings. The van der Waals surface area contributed by atoms with Crippen LogP contribution >= 0.6 is 11.3 Å². The number of hydrogen-bond donors (Lipinski definition) is 2. The molecule has 25 heavy (non-hydrogen) atoms. The van der Waals surface area contributed by atoms with E-state index in [-0.39, 0.29) is 11.4 Å². The molecule has 3 heterocycles. The highest BCUT2D eigenvalue weighted by atomic mass is 32.1. The molecule has 1 unspecified atom stereocenters. The number of rotatable bonds is 2. The van der Waals surface area contributed by atoms with Crippen LogP contribution in [0.3, 0.4) is 0 Å². The maximum absolute atomic E-state index is 12.4. The maximum Gasteiger partial charge on any atom is 0.222 e. The van der Waals surface area contributed by atoms with Crippen molar-refractivity contribution in [3.05, 3.63) is 52.2 Å². The topological polar surface area (TPSA) is 44.4 Å². The molecule has 4 nitrogen and oxygen atoms in total. The molecule has 0 radical (unpaired) electrons. The smallest absolute Gasteiger partial charge is 0.222 e. The first-order valence-corrected chi connectivity index (χ1v) is 10.0. The third kappa shape index (κ3) is 3.88. The largest absolute Gasteiger partial charge is 0.379 e. The van der Waals surface area contributed by atoms with Gasteiger partial charge in [-0.15, -0.1) is 0 Å². The minimum Gasteiger partial charge on any atom is -0.379 e. The summed E-state index contributed by atoms with van der Waals surface area (Å²) in [5.41, 5.74) is 3.61.